The Labute approximate surface area is 126 Å². The van der Waals surface area contributed by atoms with Gasteiger partial charge in [0, 0.05) is 0 Å². The Balaban J connectivity index is 1.71. The minimum atomic E-state index is -0.697. The number of hydrogen-bond acceptors (Lipinski definition) is 2. The molecule has 2 atom stereocenters. The lowest BCUT2D eigenvalue weighted by Gasteiger charge is -2.06. The van der Waals surface area contributed by atoms with Gasteiger partial charge in [-0.2, -0.15) is 0 Å². The van der Waals surface area contributed by atoms with E-state index >= 15 is 0 Å². The molecule has 2 heteroatoms. The van der Waals surface area contributed by atoms with Crippen molar-refractivity contribution in [3.63, 3.8) is 0 Å². The predicted octanol–water partition coefficient (Wildman–Crippen LogP) is 4.82. The fourth-order valence-corrected chi connectivity index (χ4v) is 3.16. The molecule has 0 aromatic rings. The largest absolute Gasteiger partial charge is 0.393 e. The summed E-state index contributed by atoms with van der Waals surface area (Å²) >= 11 is 0. The molecule has 1 saturated carbocycles. The van der Waals surface area contributed by atoms with Crippen LogP contribution < -0.4 is 0 Å². The van der Waals surface area contributed by atoms with Crippen LogP contribution in [0.3, 0.4) is 0 Å². The monoisotopic (exact) mass is 284 g/mol. The number of rotatable bonds is 14. The quantitative estimate of drug-likeness (QED) is 0.449. The standard InChI is InChI=1S/C18H36O2/c1-2-3-4-5-6-7-8-9-10-11-12-13-14-17-15-18(17,20)16-19/h17,19-20H,2-16H2,1H3. The zero-order chi connectivity index (χ0) is 14.7. The van der Waals surface area contributed by atoms with Crippen LogP contribution in [0.5, 0.6) is 0 Å². The molecule has 1 fully saturated rings. The molecule has 1 aliphatic carbocycles. The third-order valence-electron chi connectivity index (χ3n) is 4.88. The summed E-state index contributed by atoms with van der Waals surface area (Å²) in [5.74, 6) is 0.385. The number of aliphatic hydroxyl groups is 2. The second-order valence-electron chi connectivity index (χ2n) is 6.84. The Hall–Kier alpha value is -0.0800. The summed E-state index contributed by atoms with van der Waals surface area (Å²) in [5, 5.41) is 18.7. The minimum Gasteiger partial charge on any atom is -0.393 e. The van der Waals surface area contributed by atoms with Crippen LogP contribution in [-0.4, -0.2) is 22.4 Å². The molecule has 1 rings (SSSR count). The van der Waals surface area contributed by atoms with E-state index in [-0.39, 0.29) is 6.61 Å². The summed E-state index contributed by atoms with van der Waals surface area (Å²) in [7, 11) is 0. The molecule has 20 heavy (non-hydrogen) atoms. The molecule has 0 heterocycles. The molecule has 0 saturated heterocycles. The molecular weight excluding hydrogens is 248 g/mol. The van der Waals surface area contributed by atoms with Crippen molar-refractivity contribution in [3.05, 3.63) is 0 Å². The van der Waals surface area contributed by atoms with E-state index in [1.165, 1.54) is 77.0 Å². The zero-order valence-electron chi connectivity index (χ0n) is 13.6. The summed E-state index contributed by atoms with van der Waals surface area (Å²) in [4.78, 5) is 0. The molecule has 0 bridgehead atoms. The SMILES string of the molecule is CCCCCCCCCCCCCCC1CC1(O)CO. The van der Waals surface area contributed by atoms with E-state index in [9.17, 15) is 5.11 Å². The van der Waals surface area contributed by atoms with Gasteiger partial charge in [0.2, 0.25) is 0 Å². The predicted molar refractivity (Wildman–Crippen MR) is 85.8 cm³/mol. The van der Waals surface area contributed by atoms with Gasteiger partial charge in [0.25, 0.3) is 0 Å². The molecule has 1 aliphatic rings. The van der Waals surface area contributed by atoms with Crippen molar-refractivity contribution in [1.29, 1.82) is 0 Å². The van der Waals surface area contributed by atoms with Crippen LogP contribution in [0.25, 0.3) is 0 Å². The van der Waals surface area contributed by atoms with E-state index in [1.807, 2.05) is 0 Å². The highest BCUT2D eigenvalue weighted by Crippen LogP contribution is 2.46. The molecule has 0 radical (unpaired) electrons. The first kappa shape index (κ1) is 18.0. The van der Waals surface area contributed by atoms with E-state index in [0.29, 0.717) is 5.92 Å². The maximum atomic E-state index is 9.72. The Bertz CT molecular complexity index is 229. The van der Waals surface area contributed by atoms with Crippen molar-refractivity contribution in [2.75, 3.05) is 6.61 Å². The molecule has 120 valence electrons. The van der Waals surface area contributed by atoms with Crippen LogP contribution in [-0.2, 0) is 0 Å². The lowest BCUT2D eigenvalue weighted by Crippen LogP contribution is -2.16. The van der Waals surface area contributed by atoms with Gasteiger partial charge in [-0.1, -0.05) is 84.0 Å². The Kier molecular flexibility index (Phi) is 9.54. The lowest BCUT2D eigenvalue weighted by molar-refractivity contribution is 0.0579. The number of hydrogen-bond donors (Lipinski definition) is 2. The van der Waals surface area contributed by atoms with Crippen molar-refractivity contribution in [2.24, 2.45) is 5.92 Å². The smallest absolute Gasteiger partial charge is 0.0910 e. The molecule has 2 nitrogen and oxygen atoms in total. The molecule has 2 N–H and O–H groups in total. The van der Waals surface area contributed by atoms with Gasteiger partial charge in [-0.3, -0.25) is 0 Å². The van der Waals surface area contributed by atoms with Crippen molar-refractivity contribution in [2.45, 2.75) is 102 Å². The maximum absolute atomic E-state index is 9.72. The van der Waals surface area contributed by atoms with E-state index in [4.69, 9.17) is 5.11 Å². The normalized spacial score (nSPS) is 25.1. The Morgan fingerprint density at radius 2 is 1.25 bits per heavy atom. The van der Waals surface area contributed by atoms with Crippen molar-refractivity contribution in [3.8, 4) is 0 Å². The average Bonchev–Trinajstić information content (AvgIpc) is 3.11. The lowest BCUT2D eigenvalue weighted by atomic mass is 10.0. The van der Waals surface area contributed by atoms with Gasteiger partial charge in [-0.15, -0.1) is 0 Å². The first-order chi connectivity index (χ1) is 9.73. The van der Waals surface area contributed by atoms with Gasteiger partial charge >= 0.3 is 0 Å². The van der Waals surface area contributed by atoms with E-state index in [1.54, 1.807) is 0 Å². The van der Waals surface area contributed by atoms with Crippen LogP contribution >= 0.6 is 0 Å². The highest BCUT2D eigenvalue weighted by Gasteiger charge is 2.51. The van der Waals surface area contributed by atoms with Crippen LogP contribution in [0.2, 0.25) is 0 Å². The first-order valence-electron chi connectivity index (χ1n) is 9.06. The highest BCUT2D eigenvalue weighted by atomic mass is 16.3. The Morgan fingerprint density at radius 3 is 1.65 bits per heavy atom. The summed E-state index contributed by atoms with van der Waals surface area (Å²) in [6.45, 7) is 2.23. The third-order valence-corrected chi connectivity index (χ3v) is 4.88. The van der Waals surface area contributed by atoms with Crippen LogP contribution in [0.1, 0.15) is 96.8 Å². The van der Waals surface area contributed by atoms with Gasteiger partial charge in [-0.25, -0.2) is 0 Å². The molecule has 0 amide bonds. The fraction of sp³-hybridized carbons (Fsp3) is 1.00. The minimum absolute atomic E-state index is 0.0457. The van der Waals surface area contributed by atoms with E-state index < -0.39 is 5.60 Å². The molecule has 2 unspecified atom stereocenters. The van der Waals surface area contributed by atoms with Crippen molar-refractivity contribution >= 4 is 0 Å². The second-order valence-corrected chi connectivity index (χ2v) is 6.84. The first-order valence-corrected chi connectivity index (χ1v) is 9.06. The molecule has 0 aromatic carbocycles. The van der Waals surface area contributed by atoms with E-state index in [2.05, 4.69) is 6.92 Å². The van der Waals surface area contributed by atoms with Gasteiger partial charge in [0.05, 0.1) is 12.2 Å². The summed E-state index contributed by atoms with van der Waals surface area (Å²) in [6.07, 6.45) is 18.5. The van der Waals surface area contributed by atoms with Crippen LogP contribution in [0.15, 0.2) is 0 Å². The third kappa shape index (κ3) is 7.64. The molecule has 0 spiro atoms. The topological polar surface area (TPSA) is 40.5 Å². The maximum Gasteiger partial charge on any atom is 0.0910 e. The zero-order valence-corrected chi connectivity index (χ0v) is 13.6. The second kappa shape index (κ2) is 10.6. The number of aliphatic hydroxyl groups excluding tert-OH is 1. The van der Waals surface area contributed by atoms with Gasteiger partial charge in [0.1, 0.15) is 0 Å². The molecular formula is C18H36O2. The van der Waals surface area contributed by atoms with Crippen molar-refractivity contribution in [1.82, 2.24) is 0 Å². The summed E-state index contributed by atoms with van der Waals surface area (Å²) in [6, 6.07) is 0. The van der Waals surface area contributed by atoms with Crippen LogP contribution in [0.4, 0.5) is 0 Å². The fourth-order valence-electron chi connectivity index (χ4n) is 3.16. The van der Waals surface area contributed by atoms with Gasteiger partial charge < -0.3 is 10.2 Å². The van der Waals surface area contributed by atoms with Gasteiger partial charge in [-0.05, 0) is 18.8 Å². The summed E-state index contributed by atoms with van der Waals surface area (Å²) in [5.41, 5.74) is -0.697. The Morgan fingerprint density at radius 1 is 0.800 bits per heavy atom. The van der Waals surface area contributed by atoms with Crippen molar-refractivity contribution < 1.29 is 10.2 Å². The molecule has 0 aromatic heterocycles. The highest BCUT2D eigenvalue weighted by molar-refractivity contribution is 5.02. The van der Waals surface area contributed by atoms with Crippen LogP contribution in [0, 0.1) is 5.92 Å². The van der Waals surface area contributed by atoms with E-state index in [0.717, 1.165) is 12.8 Å². The summed E-state index contributed by atoms with van der Waals surface area (Å²) < 4.78 is 0. The van der Waals surface area contributed by atoms with Gasteiger partial charge in [0.15, 0.2) is 0 Å². The molecule has 0 aliphatic heterocycles. The average molecular weight is 284 g/mol. The number of unbranched alkanes of at least 4 members (excludes halogenated alkanes) is 11.